The Morgan fingerprint density at radius 2 is 1.48 bits per heavy atom. The van der Waals surface area contributed by atoms with E-state index in [4.69, 9.17) is 5.73 Å². The van der Waals surface area contributed by atoms with Gasteiger partial charge in [0.15, 0.2) is 0 Å². The van der Waals surface area contributed by atoms with Crippen LogP contribution in [0.5, 0.6) is 0 Å². The average molecular weight is 290 g/mol. The molecule has 0 saturated carbocycles. The van der Waals surface area contributed by atoms with Gasteiger partial charge in [-0.05, 0) is 46.3 Å². The number of benzene rings is 1. The van der Waals surface area contributed by atoms with E-state index in [0.29, 0.717) is 23.2 Å². The molecule has 0 bridgehead atoms. The fraction of sp³-hybridized carbons (Fsp3) is 0.700. The third-order valence-corrected chi connectivity index (χ3v) is 4.88. The minimum absolute atomic E-state index is 0.137. The van der Waals surface area contributed by atoms with E-state index in [2.05, 4.69) is 73.6 Å². The summed E-state index contributed by atoms with van der Waals surface area (Å²) in [7, 11) is 0. The van der Waals surface area contributed by atoms with Crippen LogP contribution in [-0.2, 0) is 0 Å². The molecule has 0 aliphatic heterocycles. The smallest absolute Gasteiger partial charge is 0.0300 e. The molecule has 0 radical (unpaired) electrons. The summed E-state index contributed by atoms with van der Waals surface area (Å²) in [6.07, 6.45) is 1.05. The summed E-state index contributed by atoms with van der Waals surface area (Å²) >= 11 is 0. The number of rotatable bonds is 5. The van der Waals surface area contributed by atoms with Crippen LogP contribution in [0, 0.1) is 11.3 Å². The van der Waals surface area contributed by atoms with Gasteiger partial charge in [0.25, 0.3) is 0 Å². The molecular formula is C20H35N. The van der Waals surface area contributed by atoms with Crippen molar-refractivity contribution < 1.29 is 0 Å². The van der Waals surface area contributed by atoms with Crippen LogP contribution < -0.4 is 5.73 Å². The van der Waals surface area contributed by atoms with Crippen LogP contribution in [0.25, 0.3) is 0 Å². The van der Waals surface area contributed by atoms with Crippen LogP contribution >= 0.6 is 0 Å². The van der Waals surface area contributed by atoms with E-state index >= 15 is 0 Å². The van der Waals surface area contributed by atoms with Crippen molar-refractivity contribution >= 4 is 0 Å². The number of hydrogen-bond acceptors (Lipinski definition) is 1. The average Bonchev–Trinajstić information content (AvgIpc) is 2.36. The summed E-state index contributed by atoms with van der Waals surface area (Å²) in [6, 6.07) is 7.03. The predicted octanol–water partition coefficient (Wildman–Crippen LogP) is 6.01. The van der Waals surface area contributed by atoms with E-state index in [1.54, 1.807) is 0 Å². The van der Waals surface area contributed by atoms with Gasteiger partial charge in [-0.2, -0.15) is 0 Å². The van der Waals surface area contributed by atoms with Crippen LogP contribution in [0.4, 0.5) is 0 Å². The SMILES string of the molecule is CC(C)c1ccc(C(N)CC(C)C(C)(C)C)c(C(C)C)c1. The Morgan fingerprint density at radius 3 is 1.90 bits per heavy atom. The Balaban J connectivity index is 3.06. The molecule has 1 heteroatoms. The van der Waals surface area contributed by atoms with E-state index in [1.165, 1.54) is 16.7 Å². The molecule has 0 fully saturated rings. The van der Waals surface area contributed by atoms with Crippen LogP contribution in [0.1, 0.15) is 96.4 Å². The first kappa shape index (κ1) is 18.2. The first-order chi connectivity index (χ1) is 9.54. The Kier molecular flexibility index (Phi) is 6.04. The van der Waals surface area contributed by atoms with Crippen LogP contribution in [0.15, 0.2) is 18.2 Å². The minimum atomic E-state index is 0.137. The van der Waals surface area contributed by atoms with Gasteiger partial charge in [0.2, 0.25) is 0 Å². The highest BCUT2D eigenvalue weighted by molar-refractivity contribution is 5.37. The topological polar surface area (TPSA) is 26.0 Å². The van der Waals surface area contributed by atoms with Gasteiger partial charge in [-0.15, -0.1) is 0 Å². The maximum atomic E-state index is 6.56. The summed E-state index contributed by atoms with van der Waals surface area (Å²) in [5, 5.41) is 0. The molecule has 0 aromatic heterocycles. The van der Waals surface area contributed by atoms with Gasteiger partial charge in [0, 0.05) is 6.04 Å². The summed E-state index contributed by atoms with van der Waals surface area (Å²) in [4.78, 5) is 0. The fourth-order valence-electron chi connectivity index (χ4n) is 2.65. The lowest BCUT2D eigenvalue weighted by atomic mass is 9.76. The minimum Gasteiger partial charge on any atom is -0.324 e. The fourth-order valence-corrected chi connectivity index (χ4v) is 2.65. The first-order valence-corrected chi connectivity index (χ1v) is 8.43. The molecule has 1 aromatic carbocycles. The highest BCUT2D eigenvalue weighted by atomic mass is 14.6. The lowest BCUT2D eigenvalue weighted by Crippen LogP contribution is -2.24. The molecule has 0 aliphatic rings. The zero-order valence-electron chi connectivity index (χ0n) is 15.3. The number of hydrogen-bond donors (Lipinski definition) is 1. The molecule has 120 valence electrons. The monoisotopic (exact) mass is 289 g/mol. The zero-order chi connectivity index (χ0) is 16.4. The summed E-state index contributed by atoms with van der Waals surface area (Å²) < 4.78 is 0. The quantitative estimate of drug-likeness (QED) is 0.706. The van der Waals surface area contributed by atoms with Gasteiger partial charge in [0.05, 0.1) is 0 Å². The normalized spacial score (nSPS) is 15.6. The molecule has 1 nitrogen and oxygen atoms in total. The van der Waals surface area contributed by atoms with Crippen molar-refractivity contribution in [1.29, 1.82) is 0 Å². The summed E-state index contributed by atoms with van der Waals surface area (Å²) in [5.41, 5.74) is 11.0. The van der Waals surface area contributed by atoms with Crippen molar-refractivity contribution in [2.45, 2.75) is 79.7 Å². The summed E-state index contributed by atoms with van der Waals surface area (Å²) in [6.45, 7) is 18.3. The van der Waals surface area contributed by atoms with E-state index in [-0.39, 0.29) is 6.04 Å². The van der Waals surface area contributed by atoms with Crippen molar-refractivity contribution in [3.63, 3.8) is 0 Å². The molecule has 0 spiro atoms. The van der Waals surface area contributed by atoms with E-state index in [9.17, 15) is 0 Å². The van der Waals surface area contributed by atoms with E-state index in [0.717, 1.165) is 6.42 Å². The molecule has 1 rings (SSSR count). The standard InChI is InChI=1S/C20H35N/c1-13(2)16-9-10-17(18(12-16)14(3)4)19(21)11-15(5)20(6,7)8/h9-10,12-15,19H,11,21H2,1-8H3. The molecule has 2 atom stereocenters. The lowest BCUT2D eigenvalue weighted by Gasteiger charge is -2.30. The lowest BCUT2D eigenvalue weighted by molar-refractivity contribution is 0.233. The zero-order valence-corrected chi connectivity index (χ0v) is 15.3. The van der Waals surface area contributed by atoms with Crippen molar-refractivity contribution in [2.24, 2.45) is 17.1 Å². The number of nitrogens with two attached hydrogens (primary N) is 1. The van der Waals surface area contributed by atoms with Crippen LogP contribution in [0.3, 0.4) is 0 Å². The Morgan fingerprint density at radius 1 is 0.905 bits per heavy atom. The molecular weight excluding hydrogens is 254 g/mol. The Bertz CT molecular complexity index is 451. The first-order valence-electron chi connectivity index (χ1n) is 8.43. The molecule has 0 saturated heterocycles. The van der Waals surface area contributed by atoms with Crippen molar-refractivity contribution in [3.05, 3.63) is 34.9 Å². The second-order valence-electron chi connectivity index (χ2n) is 8.31. The molecule has 0 amide bonds. The highest BCUT2D eigenvalue weighted by Crippen LogP contribution is 2.35. The Hall–Kier alpha value is -0.820. The summed E-state index contributed by atoms with van der Waals surface area (Å²) in [5.74, 6) is 1.70. The maximum Gasteiger partial charge on any atom is 0.0300 e. The van der Waals surface area contributed by atoms with E-state index < -0.39 is 0 Å². The van der Waals surface area contributed by atoms with Gasteiger partial charge < -0.3 is 5.73 Å². The highest BCUT2D eigenvalue weighted by Gasteiger charge is 2.24. The van der Waals surface area contributed by atoms with Crippen molar-refractivity contribution in [1.82, 2.24) is 0 Å². The van der Waals surface area contributed by atoms with Gasteiger partial charge >= 0.3 is 0 Å². The second-order valence-corrected chi connectivity index (χ2v) is 8.31. The maximum absolute atomic E-state index is 6.56. The van der Waals surface area contributed by atoms with Crippen LogP contribution in [0.2, 0.25) is 0 Å². The van der Waals surface area contributed by atoms with E-state index in [1.807, 2.05) is 0 Å². The third kappa shape index (κ3) is 4.85. The molecule has 21 heavy (non-hydrogen) atoms. The molecule has 1 aromatic rings. The molecule has 2 N–H and O–H groups in total. The molecule has 2 unspecified atom stereocenters. The Labute approximate surface area is 132 Å². The molecule has 0 aliphatic carbocycles. The van der Waals surface area contributed by atoms with Gasteiger partial charge in [-0.25, -0.2) is 0 Å². The van der Waals surface area contributed by atoms with Gasteiger partial charge in [-0.1, -0.05) is 73.6 Å². The second kappa shape index (κ2) is 6.96. The van der Waals surface area contributed by atoms with Crippen molar-refractivity contribution in [2.75, 3.05) is 0 Å². The van der Waals surface area contributed by atoms with Crippen LogP contribution in [-0.4, -0.2) is 0 Å². The van der Waals surface area contributed by atoms with Gasteiger partial charge in [-0.3, -0.25) is 0 Å². The third-order valence-electron chi connectivity index (χ3n) is 4.88. The van der Waals surface area contributed by atoms with Gasteiger partial charge in [0.1, 0.15) is 0 Å². The predicted molar refractivity (Wildman–Crippen MR) is 94.8 cm³/mol. The largest absolute Gasteiger partial charge is 0.324 e. The van der Waals surface area contributed by atoms with Crippen molar-refractivity contribution in [3.8, 4) is 0 Å². The molecule has 0 heterocycles.